The van der Waals surface area contributed by atoms with Gasteiger partial charge in [-0.1, -0.05) is 18.2 Å². The van der Waals surface area contributed by atoms with E-state index in [1.807, 2.05) is 25.1 Å². The number of carboxylic acids is 1. The summed E-state index contributed by atoms with van der Waals surface area (Å²) in [5, 5.41) is 20.1. The molecule has 2 heterocycles. The van der Waals surface area contributed by atoms with Crippen LogP contribution in [0.1, 0.15) is 40.9 Å². The molecule has 1 atom stereocenters. The molecular weight excluding hydrogens is 633 g/mol. The molecular formula is C30H35F3N4O8S. The number of rotatable bonds is 10. The third kappa shape index (κ3) is 10.7. The van der Waals surface area contributed by atoms with Crippen molar-refractivity contribution in [3.8, 4) is 5.75 Å². The lowest BCUT2D eigenvalue weighted by molar-refractivity contribution is -0.192. The number of aromatic nitrogens is 1. The van der Waals surface area contributed by atoms with Crippen LogP contribution in [0, 0.1) is 12.8 Å². The molecule has 4 N–H and O–H groups in total. The molecule has 0 saturated carbocycles. The van der Waals surface area contributed by atoms with Crippen LogP contribution in [-0.4, -0.2) is 84.0 Å². The molecule has 1 aromatic heterocycles. The van der Waals surface area contributed by atoms with Gasteiger partial charge in [0.05, 0.1) is 18.4 Å². The van der Waals surface area contributed by atoms with Crippen molar-refractivity contribution < 1.29 is 51.0 Å². The summed E-state index contributed by atoms with van der Waals surface area (Å²) >= 11 is 0. The first-order chi connectivity index (χ1) is 21.6. The van der Waals surface area contributed by atoms with Crippen molar-refractivity contribution in [2.75, 3.05) is 26.0 Å². The quantitative estimate of drug-likeness (QED) is 0.186. The number of sulfonamides is 1. The van der Waals surface area contributed by atoms with Gasteiger partial charge < -0.3 is 15.2 Å². The van der Waals surface area contributed by atoms with E-state index in [0.717, 1.165) is 22.2 Å². The van der Waals surface area contributed by atoms with E-state index in [-0.39, 0.29) is 18.2 Å². The number of hydrogen-bond acceptors (Lipinski definition) is 8. The number of carboxylic acid groups (broad SMARTS) is 1. The molecule has 1 fully saturated rings. The van der Waals surface area contributed by atoms with Crippen molar-refractivity contribution in [1.82, 2.24) is 20.1 Å². The highest BCUT2D eigenvalue weighted by molar-refractivity contribution is 7.88. The maximum atomic E-state index is 13.0. The van der Waals surface area contributed by atoms with Gasteiger partial charge in [0, 0.05) is 48.6 Å². The molecule has 2 amide bonds. The van der Waals surface area contributed by atoms with Crippen LogP contribution in [0.5, 0.6) is 5.75 Å². The molecule has 2 aromatic carbocycles. The summed E-state index contributed by atoms with van der Waals surface area (Å²) in [6.07, 6.45) is -2.33. The number of hydroxylamine groups is 1. The van der Waals surface area contributed by atoms with E-state index in [2.05, 4.69) is 22.4 Å². The van der Waals surface area contributed by atoms with Gasteiger partial charge in [-0.15, -0.1) is 0 Å². The zero-order chi connectivity index (χ0) is 34.1. The molecule has 0 bridgehead atoms. The maximum absolute atomic E-state index is 13.0. The number of para-hydroxylation sites is 1. The number of piperidine rings is 1. The number of pyridine rings is 1. The third-order valence-electron chi connectivity index (χ3n) is 7.31. The fourth-order valence-corrected chi connectivity index (χ4v) is 5.90. The van der Waals surface area contributed by atoms with Crippen LogP contribution in [0.15, 0.2) is 54.6 Å². The van der Waals surface area contributed by atoms with Crippen LogP contribution in [0.25, 0.3) is 10.9 Å². The number of hydrogen-bond donors (Lipinski definition) is 4. The molecule has 12 nitrogen and oxygen atoms in total. The fourth-order valence-electron chi connectivity index (χ4n) is 5.03. The Balaban J connectivity index is 0.000000738. The van der Waals surface area contributed by atoms with E-state index in [4.69, 9.17) is 19.8 Å². The number of benzene rings is 2. The molecule has 1 saturated heterocycles. The minimum atomic E-state index is -5.08. The number of amides is 2. The van der Waals surface area contributed by atoms with Gasteiger partial charge in [0.25, 0.3) is 5.91 Å². The van der Waals surface area contributed by atoms with Crippen LogP contribution in [0.4, 0.5) is 13.2 Å². The largest absolute Gasteiger partial charge is 0.493 e. The van der Waals surface area contributed by atoms with Crippen LogP contribution < -0.4 is 15.5 Å². The fraction of sp³-hybridized carbons (Fsp3) is 0.400. The molecule has 1 aliphatic heterocycles. The topological polar surface area (TPSA) is 175 Å². The Hall–Kier alpha value is -4.28. The van der Waals surface area contributed by atoms with Gasteiger partial charge >= 0.3 is 12.1 Å². The number of nitrogens with zero attached hydrogens (tertiary/aromatic N) is 2. The molecule has 1 unspecified atom stereocenters. The van der Waals surface area contributed by atoms with Crippen LogP contribution >= 0.6 is 0 Å². The number of aliphatic carboxylic acids is 1. The SMILES string of the molecule is Cc1cc(CCOc2ccc(C(=O)NC(CC(=O)NO)C3CCN(S(C)(=O)=O)CC3)cc2)c2ccccc2n1.O=C(O)C(F)(F)F. The summed E-state index contributed by atoms with van der Waals surface area (Å²) in [6.45, 7) is 3.07. The summed E-state index contributed by atoms with van der Waals surface area (Å²) in [7, 11) is -3.30. The molecule has 1 aliphatic rings. The number of aryl methyl sites for hydroxylation is 1. The molecule has 0 radical (unpaired) electrons. The lowest BCUT2D eigenvalue weighted by Gasteiger charge is -2.35. The predicted molar refractivity (Wildman–Crippen MR) is 161 cm³/mol. The number of carbonyl (C=O) groups is 3. The monoisotopic (exact) mass is 668 g/mol. The Kier molecular flexibility index (Phi) is 12.4. The minimum absolute atomic E-state index is 0.111. The Morgan fingerprint density at radius 2 is 1.70 bits per heavy atom. The zero-order valence-corrected chi connectivity index (χ0v) is 25.9. The van der Waals surface area contributed by atoms with Gasteiger partial charge in [0.2, 0.25) is 15.9 Å². The Morgan fingerprint density at radius 3 is 2.26 bits per heavy atom. The Labute approximate surface area is 263 Å². The summed E-state index contributed by atoms with van der Waals surface area (Å²) < 4.78 is 62.7. The molecule has 3 aromatic rings. The van der Waals surface area contributed by atoms with E-state index >= 15 is 0 Å². The normalized spacial score (nSPS) is 14.9. The van der Waals surface area contributed by atoms with Crippen LogP contribution in [0.3, 0.4) is 0 Å². The second-order valence-corrected chi connectivity index (χ2v) is 12.7. The van der Waals surface area contributed by atoms with Crippen molar-refractivity contribution in [3.63, 3.8) is 0 Å². The van der Waals surface area contributed by atoms with Gasteiger partial charge in [0.15, 0.2) is 0 Å². The molecule has 0 spiro atoms. The third-order valence-corrected chi connectivity index (χ3v) is 8.62. The van der Waals surface area contributed by atoms with E-state index in [1.54, 1.807) is 29.7 Å². The number of carbonyl (C=O) groups excluding carboxylic acids is 2. The summed E-state index contributed by atoms with van der Waals surface area (Å²) in [5.74, 6) is -3.22. The summed E-state index contributed by atoms with van der Waals surface area (Å²) in [5.41, 5.74) is 5.09. The lowest BCUT2D eigenvalue weighted by Crippen LogP contribution is -2.48. The first-order valence-corrected chi connectivity index (χ1v) is 16.0. The second-order valence-electron chi connectivity index (χ2n) is 10.7. The van der Waals surface area contributed by atoms with Crippen molar-refractivity contribution >= 4 is 38.7 Å². The van der Waals surface area contributed by atoms with Crippen molar-refractivity contribution in [2.24, 2.45) is 5.92 Å². The smallest absolute Gasteiger partial charge is 0.490 e. The van der Waals surface area contributed by atoms with Gasteiger partial charge in [-0.2, -0.15) is 13.2 Å². The lowest BCUT2D eigenvalue weighted by atomic mass is 9.88. The number of halogens is 3. The first kappa shape index (κ1) is 36.2. The van der Waals surface area contributed by atoms with Gasteiger partial charge in [0.1, 0.15) is 5.75 Å². The van der Waals surface area contributed by atoms with Crippen molar-refractivity contribution in [3.05, 3.63) is 71.4 Å². The van der Waals surface area contributed by atoms with Gasteiger partial charge in [-0.05, 0) is 67.6 Å². The predicted octanol–water partition coefficient (Wildman–Crippen LogP) is 3.46. The number of alkyl halides is 3. The van der Waals surface area contributed by atoms with E-state index in [0.29, 0.717) is 50.3 Å². The van der Waals surface area contributed by atoms with Crippen molar-refractivity contribution in [2.45, 2.75) is 44.8 Å². The van der Waals surface area contributed by atoms with E-state index in [1.165, 1.54) is 10.6 Å². The molecule has 0 aliphatic carbocycles. The number of ether oxygens (including phenoxy) is 1. The van der Waals surface area contributed by atoms with Crippen molar-refractivity contribution in [1.29, 1.82) is 0 Å². The van der Waals surface area contributed by atoms with Gasteiger partial charge in [-0.3, -0.25) is 19.8 Å². The van der Waals surface area contributed by atoms with Crippen LogP contribution in [-0.2, 0) is 26.0 Å². The minimum Gasteiger partial charge on any atom is -0.493 e. The second kappa shape index (κ2) is 15.8. The highest BCUT2D eigenvalue weighted by atomic mass is 32.2. The summed E-state index contributed by atoms with van der Waals surface area (Å²) in [4.78, 5) is 38.4. The zero-order valence-electron chi connectivity index (χ0n) is 25.1. The maximum Gasteiger partial charge on any atom is 0.490 e. The van der Waals surface area contributed by atoms with E-state index in [9.17, 15) is 31.2 Å². The average Bonchev–Trinajstić information content (AvgIpc) is 3.00. The summed E-state index contributed by atoms with van der Waals surface area (Å²) in [6, 6.07) is 16.3. The number of fused-ring (bicyclic) bond motifs is 1. The molecule has 4 rings (SSSR count). The standard InChI is InChI=1S/C28H34N4O6S.C2HF3O2/c1-19-17-22(24-5-3-4-6-25(24)29-19)13-16-38-23-9-7-21(8-10-23)28(34)30-26(18-27(33)31-35)20-11-14-32(15-12-20)39(2,36)37;3-2(4,5)1(6)7/h3-10,17,20,26,35H,11-16,18H2,1-2H3,(H,30,34)(H,31,33);(H,6,7). The average molecular weight is 669 g/mol. The molecule has 250 valence electrons. The molecule has 16 heteroatoms. The highest BCUT2D eigenvalue weighted by Crippen LogP contribution is 2.25. The Bertz CT molecular complexity index is 1630. The molecule has 46 heavy (non-hydrogen) atoms. The van der Waals surface area contributed by atoms with Gasteiger partial charge in [-0.25, -0.2) is 23.0 Å². The number of nitrogens with one attached hydrogen (secondary N) is 2. The Morgan fingerprint density at radius 1 is 1.09 bits per heavy atom. The first-order valence-electron chi connectivity index (χ1n) is 14.2. The van der Waals surface area contributed by atoms with Crippen LogP contribution in [0.2, 0.25) is 0 Å². The highest BCUT2D eigenvalue weighted by Gasteiger charge is 2.38. The van der Waals surface area contributed by atoms with E-state index < -0.39 is 34.1 Å².